The largest absolute Gasteiger partial charge is 0.496 e. The Morgan fingerprint density at radius 3 is 1.61 bits per heavy atom. The molecule has 0 bridgehead atoms. The molecule has 0 aliphatic heterocycles. The Kier molecular flexibility index (Phi) is 20.8. The molecule has 0 spiro atoms. The summed E-state index contributed by atoms with van der Waals surface area (Å²) in [6, 6.07) is 29.2. The molecular weight excluding hydrogens is 889 g/mol. The molecule has 3 aliphatic rings. The second kappa shape index (κ2) is 27.1. The predicted molar refractivity (Wildman–Crippen MR) is 287 cm³/mol. The van der Waals surface area contributed by atoms with Crippen LogP contribution in [0.1, 0.15) is 150 Å². The third kappa shape index (κ3) is 16.9. The van der Waals surface area contributed by atoms with Crippen LogP contribution in [0.25, 0.3) is 12.2 Å². The monoisotopic (exact) mass is 969 g/mol. The molecule has 7 rings (SSSR count). The molecule has 2 N–H and O–H groups in total. The van der Waals surface area contributed by atoms with Crippen molar-refractivity contribution in [1.82, 2.24) is 0 Å². The lowest BCUT2D eigenvalue weighted by molar-refractivity contribution is -0.142. The maximum atomic E-state index is 13.9. The molecule has 3 fully saturated rings. The normalized spacial score (nSPS) is 21.3. The van der Waals surface area contributed by atoms with Crippen molar-refractivity contribution in [1.29, 1.82) is 0 Å². The minimum atomic E-state index is -0.377. The van der Waals surface area contributed by atoms with Gasteiger partial charge in [-0.3, -0.25) is 4.79 Å². The van der Waals surface area contributed by atoms with Gasteiger partial charge in [0.1, 0.15) is 11.5 Å². The van der Waals surface area contributed by atoms with Crippen molar-refractivity contribution >= 4 is 41.4 Å². The standard InChI is InChI=1S/C34H45NO5.C27H35NO3/c1-23(2)40-33(37)19-10-25-6-5-7-30(21-25)35(34(38)28-13-16-31(36)17-14-28)22-26-8-11-27(12-9-26)29-15-18-32(39-4)24(3)20-29;1-19(2)31-27(29)15-10-21-6-5-7-25(17-21)28-18-22-8-11-23(12-9-22)24-13-14-26(30-4)20(3)16-24/h5-7,10,15,18-21,23,26-28,31,36H,8-9,11-14,16-17,22H2,1-4H3;5-7,10,13-17,19,22-23,28H,8-9,11-12,18H2,1-4H3/b19-10+;15-10+. The summed E-state index contributed by atoms with van der Waals surface area (Å²) in [6.07, 6.45) is 18.0. The van der Waals surface area contributed by atoms with Crippen LogP contribution in [0.3, 0.4) is 0 Å². The van der Waals surface area contributed by atoms with Gasteiger partial charge in [0.05, 0.1) is 32.5 Å². The Labute approximate surface area is 424 Å². The molecule has 0 unspecified atom stereocenters. The van der Waals surface area contributed by atoms with Gasteiger partial charge in [0, 0.05) is 42.5 Å². The summed E-state index contributed by atoms with van der Waals surface area (Å²) in [4.78, 5) is 39.6. The van der Waals surface area contributed by atoms with E-state index in [1.54, 1.807) is 26.4 Å². The topological polar surface area (TPSA) is 124 Å². The molecule has 0 aromatic heterocycles. The Balaban J connectivity index is 0.000000240. The first-order valence-electron chi connectivity index (χ1n) is 26.2. The molecule has 0 heterocycles. The zero-order valence-electron chi connectivity index (χ0n) is 43.7. The van der Waals surface area contributed by atoms with Gasteiger partial charge in [0.15, 0.2) is 0 Å². The summed E-state index contributed by atoms with van der Waals surface area (Å²) < 4.78 is 21.2. The molecule has 0 atom stereocenters. The number of aliphatic hydroxyl groups is 1. The van der Waals surface area contributed by atoms with Crippen LogP contribution in [-0.2, 0) is 23.9 Å². The van der Waals surface area contributed by atoms with Gasteiger partial charge in [-0.05, 0) is 224 Å². The summed E-state index contributed by atoms with van der Waals surface area (Å²) in [6.45, 7) is 13.2. The van der Waals surface area contributed by atoms with Gasteiger partial charge in [-0.25, -0.2) is 9.59 Å². The maximum Gasteiger partial charge on any atom is 0.331 e. The molecule has 71 heavy (non-hydrogen) atoms. The van der Waals surface area contributed by atoms with Crippen LogP contribution in [0.4, 0.5) is 11.4 Å². The first-order valence-corrected chi connectivity index (χ1v) is 26.2. The minimum absolute atomic E-state index is 0.0674. The summed E-state index contributed by atoms with van der Waals surface area (Å²) in [5, 5.41) is 13.6. The van der Waals surface area contributed by atoms with Crippen LogP contribution < -0.4 is 19.7 Å². The second-order valence-corrected chi connectivity index (χ2v) is 20.6. The molecular formula is C61H80N2O8. The van der Waals surface area contributed by atoms with E-state index < -0.39 is 0 Å². The number of esters is 2. The van der Waals surface area contributed by atoms with Crippen LogP contribution in [0, 0.1) is 31.6 Å². The van der Waals surface area contributed by atoms with E-state index in [0.29, 0.717) is 43.1 Å². The van der Waals surface area contributed by atoms with E-state index in [1.807, 2.05) is 69.0 Å². The Morgan fingerprint density at radius 1 is 0.620 bits per heavy atom. The first-order chi connectivity index (χ1) is 34.2. The number of carbonyl (C=O) groups excluding carboxylic acids is 3. The third-order valence-electron chi connectivity index (χ3n) is 14.4. The third-order valence-corrected chi connectivity index (χ3v) is 14.4. The van der Waals surface area contributed by atoms with Crippen molar-refractivity contribution in [3.05, 3.63) is 130 Å². The van der Waals surface area contributed by atoms with Crippen molar-refractivity contribution in [2.45, 2.75) is 149 Å². The van der Waals surface area contributed by atoms with E-state index in [2.05, 4.69) is 67.7 Å². The van der Waals surface area contributed by atoms with Crippen molar-refractivity contribution in [2.75, 3.05) is 37.5 Å². The quantitative estimate of drug-likeness (QED) is 0.0786. The molecule has 10 nitrogen and oxygen atoms in total. The SMILES string of the molecule is COc1ccc(C2CCC(CN(C(=O)C3CCC(O)CC3)c3cccc(/C=C/C(=O)OC(C)C)c3)CC2)cc1C.COc1ccc(C2CCC(CNc3cccc(/C=C/C(=O)OC(C)C)c3)CC2)cc1C. The van der Waals surface area contributed by atoms with E-state index >= 15 is 0 Å². The fourth-order valence-corrected chi connectivity index (χ4v) is 10.5. The van der Waals surface area contributed by atoms with Gasteiger partial charge in [0.2, 0.25) is 5.91 Å². The maximum absolute atomic E-state index is 13.9. The van der Waals surface area contributed by atoms with Gasteiger partial charge in [-0.2, -0.15) is 0 Å². The second-order valence-electron chi connectivity index (χ2n) is 20.6. The molecule has 0 radical (unpaired) electrons. The van der Waals surface area contributed by atoms with Crippen LogP contribution >= 0.6 is 0 Å². The zero-order valence-corrected chi connectivity index (χ0v) is 43.7. The summed E-state index contributed by atoms with van der Waals surface area (Å²) in [5.74, 6) is 3.59. The van der Waals surface area contributed by atoms with Gasteiger partial charge in [-0.15, -0.1) is 0 Å². The Morgan fingerprint density at radius 2 is 1.11 bits per heavy atom. The number of hydrogen-bond acceptors (Lipinski definition) is 9. The molecule has 382 valence electrons. The highest BCUT2D eigenvalue weighted by Crippen LogP contribution is 2.40. The van der Waals surface area contributed by atoms with Crippen LogP contribution in [0.15, 0.2) is 97.1 Å². The van der Waals surface area contributed by atoms with Crippen molar-refractivity contribution in [3.8, 4) is 11.5 Å². The number of nitrogens with one attached hydrogen (secondary N) is 1. The van der Waals surface area contributed by atoms with Crippen LogP contribution in [0.5, 0.6) is 11.5 Å². The van der Waals surface area contributed by atoms with Gasteiger partial charge in [-0.1, -0.05) is 48.5 Å². The Bertz CT molecular complexity index is 2400. The number of hydrogen-bond donors (Lipinski definition) is 2. The molecule has 4 aromatic rings. The van der Waals surface area contributed by atoms with Crippen molar-refractivity contribution in [2.24, 2.45) is 17.8 Å². The number of benzene rings is 4. The highest BCUT2D eigenvalue weighted by molar-refractivity contribution is 5.95. The number of rotatable bonds is 17. The van der Waals surface area contributed by atoms with E-state index in [9.17, 15) is 19.5 Å². The molecule has 4 aromatic carbocycles. The summed E-state index contributed by atoms with van der Waals surface area (Å²) in [7, 11) is 3.44. The number of ether oxygens (including phenoxy) is 4. The van der Waals surface area contributed by atoms with Crippen molar-refractivity contribution < 1.29 is 38.4 Å². The summed E-state index contributed by atoms with van der Waals surface area (Å²) in [5.41, 5.74) is 9.01. The number of amides is 1. The molecule has 10 heteroatoms. The van der Waals surface area contributed by atoms with Gasteiger partial charge >= 0.3 is 11.9 Å². The lowest BCUT2D eigenvalue weighted by Crippen LogP contribution is -2.41. The molecule has 3 aliphatic carbocycles. The number of aliphatic hydroxyl groups excluding tert-OH is 1. The smallest absolute Gasteiger partial charge is 0.331 e. The predicted octanol–water partition coefficient (Wildman–Crippen LogP) is 13.2. The number of methoxy groups -OCH3 is 2. The number of anilines is 2. The molecule has 1 amide bonds. The number of carbonyl (C=O) groups is 3. The highest BCUT2D eigenvalue weighted by Gasteiger charge is 2.32. The van der Waals surface area contributed by atoms with Gasteiger partial charge in [0.25, 0.3) is 0 Å². The average Bonchev–Trinajstić information content (AvgIpc) is 3.36. The van der Waals surface area contributed by atoms with Crippen LogP contribution in [-0.4, -0.2) is 68.6 Å². The number of aryl methyl sites for hydroxylation is 2. The molecule has 3 saturated carbocycles. The lowest BCUT2D eigenvalue weighted by atomic mass is 9.78. The highest BCUT2D eigenvalue weighted by atomic mass is 16.5. The van der Waals surface area contributed by atoms with Crippen molar-refractivity contribution in [3.63, 3.8) is 0 Å². The van der Waals surface area contributed by atoms with Gasteiger partial charge < -0.3 is 34.3 Å². The Hall–Kier alpha value is -5.87. The lowest BCUT2D eigenvalue weighted by Gasteiger charge is -2.36. The summed E-state index contributed by atoms with van der Waals surface area (Å²) >= 11 is 0. The van der Waals surface area contributed by atoms with E-state index in [4.69, 9.17) is 18.9 Å². The van der Waals surface area contributed by atoms with E-state index in [1.165, 1.54) is 60.1 Å². The minimum Gasteiger partial charge on any atom is -0.496 e. The fraction of sp³-hybridized carbons (Fsp3) is 0.492. The van der Waals surface area contributed by atoms with Crippen LogP contribution in [0.2, 0.25) is 0 Å². The van der Waals surface area contributed by atoms with E-state index in [0.717, 1.165) is 79.1 Å². The number of nitrogens with zero attached hydrogens (tertiary/aromatic N) is 1. The molecule has 0 saturated heterocycles. The van der Waals surface area contributed by atoms with E-state index in [-0.39, 0.29) is 42.1 Å². The zero-order chi connectivity index (χ0) is 50.9. The fourth-order valence-electron chi connectivity index (χ4n) is 10.5. The first kappa shape index (κ1) is 54.5. The average molecular weight is 969 g/mol.